The Hall–Kier alpha value is -12.4. The maximum absolute atomic E-state index is 5.01. The zero-order chi connectivity index (χ0) is 61.7. The molecule has 0 aliphatic heterocycles. The largest absolute Gasteiger partial charge is 0.256 e. The molecule has 0 fully saturated rings. The quantitative estimate of drug-likeness (QED) is 0.0846. The Kier molecular flexibility index (Phi) is 17.1. The first-order chi connectivity index (χ1) is 45.5. The number of rotatable bonds is 17. The number of hydrogen-bond donors (Lipinski definition) is 0. The van der Waals surface area contributed by atoms with Crippen LogP contribution in [0.25, 0.3) is 150 Å². The molecule has 0 saturated carbocycles. The van der Waals surface area contributed by atoms with E-state index in [2.05, 4.69) is 275 Å². The molecule has 0 amide bonds. The number of hydrogen-bond acceptors (Lipinski definition) is 6. The zero-order valence-electron chi connectivity index (χ0n) is 50.3. The minimum atomic E-state index is 0.653. The molecule has 5 heterocycles. The van der Waals surface area contributed by atoms with Crippen LogP contribution in [0.1, 0.15) is 44.5 Å². The van der Waals surface area contributed by atoms with Gasteiger partial charge in [0.05, 0.1) is 22.8 Å². The van der Waals surface area contributed by atoms with Crippen LogP contribution in [-0.4, -0.2) is 29.9 Å². The highest BCUT2D eigenvalue weighted by Gasteiger charge is 2.14. The lowest BCUT2D eigenvalue weighted by Crippen LogP contribution is -1.93. The Labute approximate surface area is 537 Å². The lowest BCUT2D eigenvalue weighted by Gasteiger charge is -2.13. The molecule has 0 aliphatic rings. The van der Waals surface area contributed by atoms with Crippen LogP contribution in [-0.2, 0) is 0 Å². The van der Waals surface area contributed by atoms with E-state index >= 15 is 0 Å². The van der Waals surface area contributed by atoms with Crippen LogP contribution in [0.15, 0.2) is 316 Å². The lowest BCUT2D eigenvalue weighted by atomic mass is 9.91. The molecule has 0 atom stereocenters. The zero-order valence-corrected chi connectivity index (χ0v) is 50.3. The van der Waals surface area contributed by atoms with Crippen LogP contribution < -0.4 is 0 Å². The minimum absolute atomic E-state index is 0.653. The van der Waals surface area contributed by atoms with Gasteiger partial charge in [0.1, 0.15) is 0 Å². The van der Waals surface area contributed by atoms with Crippen molar-refractivity contribution in [1.29, 1.82) is 0 Å². The fourth-order valence-electron chi connectivity index (χ4n) is 11.4. The van der Waals surface area contributed by atoms with Crippen molar-refractivity contribution >= 4 is 48.6 Å². The van der Waals surface area contributed by atoms with Gasteiger partial charge < -0.3 is 0 Å². The summed E-state index contributed by atoms with van der Waals surface area (Å²) in [6, 6.07) is 97.4. The number of nitrogens with zero attached hydrogens (tertiary/aromatic N) is 6. The average Bonchev–Trinajstić information content (AvgIpc) is 1.01. The van der Waals surface area contributed by atoms with Crippen molar-refractivity contribution in [3.05, 3.63) is 361 Å². The topological polar surface area (TPSA) is 77.3 Å². The van der Waals surface area contributed by atoms with Gasteiger partial charge in [0.25, 0.3) is 0 Å². The molecule has 9 aromatic carbocycles. The van der Waals surface area contributed by atoms with Crippen molar-refractivity contribution in [2.45, 2.75) is 0 Å². The normalized spacial score (nSPS) is 11.5. The molecular weight excluding hydrogens is 1120 g/mol. The lowest BCUT2D eigenvalue weighted by molar-refractivity contribution is 1.18. The molecule has 5 aromatic heterocycles. The molecule has 0 unspecified atom stereocenters. The molecule has 6 heteroatoms. The van der Waals surface area contributed by atoms with Crippen molar-refractivity contribution in [1.82, 2.24) is 29.9 Å². The van der Waals surface area contributed by atoms with E-state index in [0.717, 1.165) is 140 Å². The second-order valence-electron chi connectivity index (χ2n) is 22.4. The average molecular weight is 1180 g/mol. The monoisotopic (exact) mass is 1180 g/mol. The second kappa shape index (κ2) is 27.3. The summed E-state index contributed by atoms with van der Waals surface area (Å²) in [7, 11) is 0. The summed E-state index contributed by atoms with van der Waals surface area (Å²) in [5.41, 5.74) is 26.4. The maximum Gasteiger partial charge on any atom is 0.159 e. The molecule has 0 aliphatic carbocycles. The third-order valence-electron chi connectivity index (χ3n) is 16.2. The molecule has 14 rings (SSSR count). The predicted octanol–water partition coefficient (Wildman–Crippen LogP) is 21.7. The van der Waals surface area contributed by atoms with E-state index in [4.69, 9.17) is 9.97 Å². The predicted molar refractivity (Wildman–Crippen MR) is 384 cm³/mol. The third-order valence-corrected chi connectivity index (χ3v) is 16.2. The van der Waals surface area contributed by atoms with Gasteiger partial charge >= 0.3 is 0 Å². The molecule has 92 heavy (non-hydrogen) atoms. The maximum atomic E-state index is 5.01. The smallest absolute Gasteiger partial charge is 0.159 e. The number of pyridine rings is 4. The third kappa shape index (κ3) is 13.8. The summed E-state index contributed by atoms with van der Waals surface area (Å²) in [5, 5.41) is 0. The van der Waals surface area contributed by atoms with Crippen LogP contribution in [0.5, 0.6) is 0 Å². The Morgan fingerprint density at radius 1 is 0.174 bits per heavy atom. The Balaban J connectivity index is 0.735. The highest BCUT2D eigenvalue weighted by molar-refractivity contribution is 5.89. The standard InChI is InChI=1S/C86H60N6/c1-2-14-79(75-55-65(25-21-61-29-37-70(38-30-61)82-17-5-9-49-87-82)53-66(56-75)26-22-62-31-39-71(40-32-62)83-18-6-10-50-88-83)78(13-1)69-45-47-74(48-46-69)86-91-59-77(60-92-86)81-16-4-3-15-80(81)76-57-67(27-23-63-33-41-72(42-34-63)84-19-7-11-51-89-84)54-68(58-76)28-24-64-35-43-73(44-36-64)85-20-8-12-52-90-85/h1-60H/b25-21-,26-22?,27-23-,28-24?. The Morgan fingerprint density at radius 2 is 0.424 bits per heavy atom. The van der Waals surface area contributed by atoms with Crippen LogP contribution in [0.4, 0.5) is 0 Å². The van der Waals surface area contributed by atoms with Crippen LogP contribution in [0.3, 0.4) is 0 Å². The molecule has 0 N–H and O–H groups in total. The fraction of sp³-hybridized carbons (Fsp3) is 0. The van der Waals surface area contributed by atoms with Crippen molar-refractivity contribution in [2.75, 3.05) is 0 Å². The summed E-state index contributed by atoms with van der Waals surface area (Å²) in [4.78, 5) is 28.2. The van der Waals surface area contributed by atoms with E-state index in [1.54, 1.807) is 0 Å². The molecule has 434 valence electrons. The molecular formula is C86H60N6. The first-order valence-electron chi connectivity index (χ1n) is 30.7. The van der Waals surface area contributed by atoms with Crippen LogP contribution in [0.2, 0.25) is 0 Å². The summed E-state index contributed by atoms with van der Waals surface area (Å²) >= 11 is 0. The highest BCUT2D eigenvalue weighted by atomic mass is 14.9. The van der Waals surface area contributed by atoms with Crippen molar-refractivity contribution < 1.29 is 0 Å². The minimum Gasteiger partial charge on any atom is -0.256 e. The first-order valence-corrected chi connectivity index (χ1v) is 30.7. The van der Waals surface area contributed by atoms with Crippen LogP contribution >= 0.6 is 0 Å². The van der Waals surface area contributed by atoms with Gasteiger partial charge in [-0.2, -0.15) is 0 Å². The van der Waals surface area contributed by atoms with Crippen molar-refractivity contribution in [3.8, 4) is 101 Å². The van der Waals surface area contributed by atoms with Gasteiger partial charge in [0, 0.05) is 70.6 Å². The molecule has 0 bridgehead atoms. The molecule has 6 nitrogen and oxygen atoms in total. The summed E-state index contributed by atoms with van der Waals surface area (Å²) in [5.74, 6) is 0.653. The van der Waals surface area contributed by atoms with Crippen molar-refractivity contribution in [2.24, 2.45) is 0 Å². The first kappa shape index (κ1) is 57.4. The summed E-state index contributed by atoms with van der Waals surface area (Å²) < 4.78 is 0. The Morgan fingerprint density at radius 3 is 0.717 bits per heavy atom. The second-order valence-corrected chi connectivity index (χ2v) is 22.4. The van der Waals surface area contributed by atoms with Gasteiger partial charge in [-0.25, -0.2) is 9.97 Å². The summed E-state index contributed by atoms with van der Waals surface area (Å²) in [6.07, 6.45) is 28.7. The van der Waals surface area contributed by atoms with E-state index < -0.39 is 0 Å². The van der Waals surface area contributed by atoms with Gasteiger partial charge in [-0.3, -0.25) is 19.9 Å². The van der Waals surface area contributed by atoms with E-state index in [1.165, 1.54) is 0 Å². The van der Waals surface area contributed by atoms with Gasteiger partial charge in [0.15, 0.2) is 5.82 Å². The van der Waals surface area contributed by atoms with Gasteiger partial charge in [-0.05, 0) is 168 Å². The van der Waals surface area contributed by atoms with E-state index in [1.807, 2.05) is 110 Å². The Bertz CT molecular complexity index is 4390. The van der Waals surface area contributed by atoms with E-state index in [9.17, 15) is 0 Å². The van der Waals surface area contributed by atoms with Gasteiger partial charge in [-0.1, -0.05) is 243 Å². The van der Waals surface area contributed by atoms with Gasteiger partial charge in [0.2, 0.25) is 0 Å². The summed E-state index contributed by atoms with van der Waals surface area (Å²) in [6.45, 7) is 0. The number of benzene rings is 9. The molecule has 14 aromatic rings. The van der Waals surface area contributed by atoms with Crippen molar-refractivity contribution in [3.63, 3.8) is 0 Å². The highest BCUT2D eigenvalue weighted by Crippen LogP contribution is 2.37. The van der Waals surface area contributed by atoms with E-state index in [-0.39, 0.29) is 0 Å². The van der Waals surface area contributed by atoms with Gasteiger partial charge in [-0.15, -0.1) is 0 Å². The molecule has 0 radical (unpaired) electrons. The SMILES string of the molecule is C(=Cc1cc(/C=C\c2ccc(-c3ccccn3)cc2)cc(-c2ccccc2-c2ccc(-c3ncc(-c4ccccc4-c4cc(C=Cc5ccc(-c6ccccn6)cc5)cc(/C=C\c5ccc(-c6ccccn6)cc5)c4)cn3)cc2)c1)c1ccc(-c2ccccn2)cc1. The van der Waals surface area contributed by atoms with E-state index in [0.29, 0.717) is 5.82 Å². The van der Waals surface area contributed by atoms with Crippen LogP contribution in [0, 0.1) is 0 Å². The fourth-order valence-corrected chi connectivity index (χ4v) is 11.4. The number of aromatic nitrogens is 6. The molecule has 0 saturated heterocycles. The molecule has 0 spiro atoms.